The van der Waals surface area contributed by atoms with Crippen LogP contribution in [0.25, 0.3) is 11.0 Å². The summed E-state index contributed by atoms with van der Waals surface area (Å²) in [5, 5.41) is 7.51. The van der Waals surface area contributed by atoms with E-state index in [2.05, 4.69) is 10.6 Å². The van der Waals surface area contributed by atoms with Gasteiger partial charge in [0.2, 0.25) is 5.91 Å². The van der Waals surface area contributed by atoms with Crippen LogP contribution in [0.2, 0.25) is 0 Å². The number of methoxy groups -OCH3 is 1. The molecule has 0 radical (unpaired) electrons. The molecule has 1 unspecified atom stereocenters. The maximum Gasteiger partial charge on any atom is 0.230 e. The lowest BCUT2D eigenvalue weighted by Gasteiger charge is -2.37. The van der Waals surface area contributed by atoms with E-state index in [1.54, 1.807) is 7.11 Å². The molecule has 138 valence electrons. The highest BCUT2D eigenvalue weighted by atomic mass is 35.5. The SMILES string of the molecule is COCC1(CNC(=O)C(C)c2cc3ccccc3o2)CCNCC1.Cl. The second kappa shape index (κ2) is 8.70. The topological polar surface area (TPSA) is 63.5 Å². The van der Waals surface area contributed by atoms with Crippen molar-refractivity contribution in [2.75, 3.05) is 33.4 Å². The van der Waals surface area contributed by atoms with Crippen molar-refractivity contribution in [1.82, 2.24) is 10.6 Å². The van der Waals surface area contributed by atoms with Gasteiger partial charge in [-0.1, -0.05) is 18.2 Å². The molecular weight excluding hydrogens is 340 g/mol. The summed E-state index contributed by atoms with van der Waals surface area (Å²) in [6.07, 6.45) is 2.03. The maximum absolute atomic E-state index is 12.6. The van der Waals surface area contributed by atoms with Crippen LogP contribution in [0.15, 0.2) is 34.7 Å². The molecular formula is C19H27ClN2O3. The van der Waals surface area contributed by atoms with Gasteiger partial charge in [0, 0.05) is 24.5 Å². The first-order valence-electron chi connectivity index (χ1n) is 8.59. The van der Waals surface area contributed by atoms with Gasteiger partial charge in [0.05, 0.1) is 12.5 Å². The van der Waals surface area contributed by atoms with E-state index in [0.29, 0.717) is 18.9 Å². The van der Waals surface area contributed by atoms with Gasteiger partial charge in [0.15, 0.2) is 0 Å². The number of benzene rings is 1. The Balaban J connectivity index is 0.00000225. The van der Waals surface area contributed by atoms with E-state index in [1.807, 2.05) is 37.3 Å². The number of para-hydroxylation sites is 1. The number of rotatable bonds is 6. The summed E-state index contributed by atoms with van der Waals surface area (Å²) in [6, 6.07) is 9.78. The Morgan fingerprint density at radius 2 is 2.08 bits per heavy atom. The molecule has 6 heteroatoms. The molecule has 1 atom stereocenters. The van der Waals surface area contributed by atoms with Crippen LogP contribution < -0.4 is 10.6 Å². The third-order valence-electron chi connectivity index (χ3n) is 5.02. The van der Waals surface area contributed by atoms with Gasteiger partial charge in [0.25, 0.3) is 0 Å². The number of hydrogen-bond acceptors (Lipinski definition) is 4. The molecule has 0 saturated carbocycles. The molecule has 2 heterocycles. The number of amides is 1. The molecule has 5 nitrogen and oxygen atoms in total. The summed E-state index contributed by atoms with van der Waals surface area (Å²) >= 11 is 0. The van der Waals surface area contributed by atoms with Gasteiger partial charge in [-0.15, -0.1) is 12.4 Å². The number of piperidine rings is 1. The first-order valence-corrected chi connectivity index (χ1v) is 8.59. The predicted molar refractivity (Wildman–Crippen MR) is 101 cm³/mol. The standard InChI is InChI=1S/C19H26N2O3.ClH/c1-14(17-11-15-5-3-4-6-16(15)24-17)18(22)21-12-19(13-23-2)7-9-20-10-8-19;/h3-6,11,14,20H,7-10,12-13H2,1-2H3,(H,21,22);1H. The Morgan fingerprint density at radius 3 is 2.76 bits per heavy atom. The molecule has 0 bridgehead atoms. The highest BCUT2D eigenvalue weighted by Crippen LogP contribution is 2.29. The molecule has 1 aliphatic rings. The van der Waals surface area contributed by atoms with Crippen LogP contribution in [0, 0.1) is 5.41 Å². The number of nitrogens with one attached hydrogen (secondary N) is 2. The molecule has 1 aliphatic heterocycles. The fourth-order valence-electron chi connectivity index (χ4n) is 3.41. The Bertz CT molecular complexity index is 656. The predicted octanol–water partition coefficient (Wildman–Crippen LogP) is 3.09. The second-order valence-corrected chi connectivity index (χ2v) is 6.81. The number of fused-ring (bicyclic) bond motifs is 1. The minimum Gasteiger partial charge on any atom is -0.460 e. The highest BCUT2D eigenvalue weighted by Gasteiger charge is 2.33. The smallest absolute Gasteiger partial charge is 0.230 e. The van der Waals surface area contributed by atoms with E-state index < -0.39 is 0 Å². The first-order chi connectivity index (χ1) is 11.6. The summed E-state index contributed by atoms with van der Waals surface area (Å²) < 4.78 is 11.2. The van der Waals surface area contributed by atoms with Gasteiger partial charge >= 0.3 is 0 Å². The molecule has 1 fully saturated rings. The Labute approximate surface area is 154 Å². The van der Waals surface area contributed by atoms with E-state index in [0.717, 1.165) is 36.9 Å². The molecule has 1 aromatic carbocycles. The maximum atomic E-state index is 12.6. The molecule has 25 heavy (non-hydrogen) atoms. The van der Waals surface area contributed by atoms with Crippen molar-refractivity contribution in [3.05, 3.63) is 36.1 Å². The van der Waals surface area contributed by atoms with E-state index in [4.69, 9.17) is 9.15 Å². The van der Waals surface area contributed by atoms with Crippen molar-refractivity contribution in [3.8, 4) is 0 Å². The lowest BCUT2D eigenvalue weighted by molar-refractivity contribution is -0.123. The summed E-state index contributed by atoms with van der Waals surface area (Å²) in [6.45, 7) is 5.15. The van der Waals surface area contributed by atoms with E-state index in [-0.39, 0.29) is 29.6 Å². The number of halogens is 1. The third kappa shape index (κ3) is 4.54. The quantitative estimate of drug-likeness (QED) is 0.824. The number of carbonyl (C=O) groups is 1. The summed E-state index contributed by atoms with van der Waals surface area (Å²) in [7, 11) is 1.72. The Kier molecular flexibility index (Phi) is 6.87. The van der Waals surface area contributed by atoms with Gasteiger partial charge in [-0.3, -0.25) is 4.79 Å². The minimum absolute atomic E-state index is 0. The zero-order valence-electron chi connectivity index (χ0n) is 14.8. The van der Waals surface area contributed by atoms with Gasteiger partial charge < -0.3 is 19.8 Å². The lowest BCUT2D eigenvalue weighted by Crippen LogP contribution is -2.47. The van der Waals surface area contributed by atoms with Crippen LogP contribution in [-0.4, -0.2) is 39.3 Å². The van der Waals surface area contributed by atoms with Crippen molar-refractivity contribution in [2.45, 2.75) is 25.7 Å². The Morgan fingerprint density at radius 1 is 1.36 bits per heavy atom. The van der Waals surface area contributed by atoms with Gasteiger partial charge in [-0.05, 0) is 45.0 Å². The van der Waals surface area contributed by atoms with Crippen LogP contribution in [0.3, 0.4) is 0 Å². The van der Waals surface area contributed by atoms with Crippen LogP contribution in [0.4, 0.5) is 0 Å². The van der Waals surface area contributed by atoms with Crippen LogP contribution >= 0.6 is 12.4 Å². The molecule has 0 aliphatic carbocycles. The number of hydrogen-bond donors (Lipinski definition) is 2. The normalized spacial score (nSPS) is 17.7. The lowest BCUT2D eigenvalue weighted by atomic mass is 9.79. The second-order valence-electron chi connectivity index (χ2n) is 6.81. The van der Waals surface area contributed by atoms with Crippen molar-refractivity contribution in [1.29, 1.82) is 0 Å². The van der Waals surface area contributed by atoms with Gasteiger partial charge in [-0.25, -0.2) is 0 Å². The molecule has 3 rings (SSSR count). The third-order valence-corrected chi connectivity index (χ3v) is 5.02. The molecule has 1 amide bonds. The summed E-state index contributed by atoms with van der Waals surface area (Å²) in [5.41, 5.74) is 0.852. The van der Waals surface area contributed by atoms with Crippen LogP contribution in [0.1, 0.15) is 31.4 Å². The minimum atomic E-state index is -0.307. The molecule has 0 spiro atoms. The van der Waals surface area contributed by atoms with Gasteiger partial charge in [-0.2, -0.15) is 0 Å². The average Bonchev–Trinajstić information content (AvgIpc) is 3.04. The largest absolute Gasteiger partial charge is 0.460 e. The van der Waals surface area contributed by atoms with Crippen LogP contribution in [0.5, 0.6) is 0 Å². The molecule has 2 aromatic rings. The van der Waals surface area contributed by atoms with Gasteiger partial charge in [0.1, 0.15) is 11.3 Å². The highest BCUT2D eigenvalue weighted by molar-refractivity contribution is 5.85. The number of carbonyl (C=O) groups excluding carboxylic acids is 1. The fraction of sp³-hybridized carbons (Fsp3) is 0.526. The number of ether oxygens (including phenoxy) is 1. The van der Waals surface area contributed by atoms with E-state index >= 15 is 0 Å². The van der Waals surface area contributed by atoms with Crippen LogP contribution in [-0.2, 0) is 9.53 Å². The van der Waals surface area contributed by atoms with Crippen molar-refractivity contribution >= 4 is 29.3 Å². The van der Waals surface area contributed by atoms with Crippen molar-refractivity contribution in [3.63, 3.8) is 0 Å². The molecule has 1 aromatic heterocycles. The molecule has 2 N–H and O–H groups in total. The fourth-order valence-corrected chi connectivity index (χ4v) is 3.41. The zero-order chi connectivity index (χ0) is 17.0. The van der Waals surface area contributed by atoms with Crippen molar-refractivity contribution in [2.24, 2.45) is 5.41 Å². The summed E-state index contributed by atoms with van der Waals surface area (Å²) in [4.78, 5) is 12.6. The zero-order valence-corrected chi connectivity index (χ0v) is 15.7. The number of furan rings is 1. The summed E-state index contributed by atoms with van der Waals surface area (Å²) in [5.74, 6) is 0.404. The average molecular weight is 367 g/mol. The van der Waals surface area contributed by atoms with Crippen molar-refractivity contribution < 1.29 is 13.9 Å². The molecule has 1 saturated heterocycles. The van der Waals surface area contributed by atoms with E-state index in [9.17, 15) is 4.79 Å². The Hall–Kier alpha value is -1.56. The monoisotopic (exact) mass is 366 g/mol. The first kappa shape index (κ1) is 19.8. The van der Waals surface area contributed by atoms with E-state index in [1.165, 1.54) is 0 Å².